The summed E-state index contributed by atoms with van der Waals surface area (Å²) in [6.07, 6.45) is -0.292. The Kier molecular flexibility index (Phi) is 1.83. The normalized spacial score (nSPS) is 6.50. The van der Waals surface area contributed by atoms with E-state index >= 15 is 0 Å². The topological polar surface area (TPSA) is 64.7 Å². The summed E-state index contributed by atoms with van der Waals surface area (Å²) in [6, 6.07) is 1.53. The van der Waals surface area contributed by atoms with E-state index in [-0.39, 0.29) is 6.42 Å². The summed E-state index contributed by atoms with van der Waals surface area (Å²) in [5, 5.41) is 7.65. The molecule has 0 saturated carbocycles. The Morgan fingerprint density at radius 1 is 2.00 bits per heavy atom. The second-order valence-corrected chi connectivity index (χ2v) is 0.758. The van der Waals surface area contributed by atoms with E-state index in [9.17, 15) is 4.79 Å². The van der Waals surface area contributed by atoms with Gasteiger partial charge in [0.15, 0.2) is 0 Å². The smallest absolute Gasteiger partial charge is 0.252 e. The minimum Gasteiger partial charge on any atom is -0.272 e. The molecule has 3 nitrogen and oxygen atoms in total. The largest absolute Gasteiger partial charge is 0.272 e. The third-order valence-electron chi connectivity index (χ3n) is 0.240. The molecule has 1 radical (unpaired) electrons. The minimum atomic E-state index is -0.822. The Labute approximate surface area is 35.4 Å². The highest BCUT2D eigenvalue weighted by atomic mass is 16.1. The third kappa shape index (κ3) is 2.96. The van der Waals surface area contributed by atoms with Crippen molar-refractivity contribution in [3.8, 4) is 6.07 Å². The van der Waals surface area contributed by atoms with Gasteiger partial charge in [-0.25, -0.2) is 0 Å². The first-order valence-electron chi connectivity index (χ1n) is 1.38. The van der Waals surface area contributed by atoms with Crippen LogP contribution < -0.4 is 5.73 Å². The van der Waals surface area contributed by atoms with E-state index in [1.165, 1.54) is 6.07 Å². The van der Waals surface area contributed by atoms with Crippen molar-refractivity contribution < 1.29 is 4.79 Å². The summed E-state index contributed by atoms with van der Waals surface area (Å²) in [5.41, 5.74) is 6.12. The van der Waals surface area contributed by atoms with Crippen molar-refractivity contribution in [1.82, 2.24) is 5.73 Å². The Hall–Kier alpha value is -1.04. The fourth-order valence-electron chi connectivity index (χ4n) is 0.0718. The van der Waals surface area contributed by atoms with E-state index in [1.54, 1.807) is 0 Å². The molecule has 0 heterocycles. The van der Waals surface area contributed by atoms with E-state index in [2.05, 4.69) is 0 Å². The Balaban J connectivity index is 3.13. The quantitative estimate of drug-likeness (QED) is 0.437. The number of rotatable bonds is 1. The molecule has 0 fully saturated rings. The molecule has 0 unspecified atom stereocenters. The van der Waals surface area contributed by atoms with Gasteiger partial charge in [-0.1, -0.05) is 0 Å². The molecular formula is C3H3N2O. The summed E-state index contributed by atoms with van der Waals surface area (Å²) < 4.78 is 0. The Morgan fingerprint density at radius 3 is 2.50 bits per heavy atom. The summed E-state index contributed by atoms with van der Waals surface area (Å²) in [5.74, 6) is -0.822. The van der Waals surface area contributed by atoms with Gasteiger partial charge in [0, 0.05) is 0 Å². The summed E-state index contributed by atoms with van der Waals surface area (Å²) in [7, 11) is 0. The molecule has 0 spiro atoms. The number of nitriles is 1. The van der Waals surface area contributed by atoms with Crippen LogP contribution in [0.15, 0.2) is 0 Å². The van der Waals surface area contributed by atoms with Crippen molar-refractivity contribution in [2.45, 2.75) is 6.42 Å². The van der Waals surface area contributed by atoms with Crippen LogP contribution in [0.5, 0.6) is 0 Å². The minimum absolute atomic E-state index is 0.292. The van der Waals surface area contributed by atoms with E-state index in [0.717, 1.165) is 0 Å². The molecule has 0 aromatic carbocycles. The van der Waals surface area contributed by atoms with Crippen LogP contribution in [0, 0.1) is 11.3 Å². The Morgan fingerprint density at radius 2 is 2.50 bits per heavy atom. The summed E-state index contributed by atoms with van der Waals surface area (Å²) >= 11 is 0. The number of amides is 1. The van der Waals surface area contributed by atoms with Gasteiger partial charge < -0.3 is 0 Å². The monoisotopic (exact) mass is 83.0 g/mol. The van der Waals surface area contributed by atoms with Crippen LogP contribution in [0.2, 0.25) is 0 Å². The predicted octanol–water partition coefficient (Wildman–Crippen LogP) is -0.290. The number of hydrogen-bond acceptors (Lipinski definition) is 2. The number of carbonyl (C=O) groups excluding carboxylic acids is 1. The van der Waals surface area contributed by atoms with Gasteiger partial charge in [-0.15, -0.1) is 0 Å². The molecule has 0 bridgehead atoms. The first-order valence-corrected chi connectivity index (χ1v) is 1.38. The van der Waals surface area contributed by atoms with E-state index in [0.29, 0.717) is 0 Å². The molecule has 6 heavy (non-hydrogen) atoms. The van der Waals surface area contributed by atoms with Gasteiger partial charge in [0.25, 0.3) is 5.91 Å². The van der Waals surface area contributed by atoms with Crippen LogP contribution in [-0.4, -0.2) is 5.91 Å². The van der Waals surface area contributed by atoms with Crippen molar-refractivity contribution in [2.24, 2.45) is 0 Å². The molecule has 0 aromatic heterocycles. The van der Waals surface area contributed by atoms with Crippen LogP contribution in [0.4, 0.5) is 0 Å². The lowest BCUT2D eigenvalue weighted by Gasteiger charge is -1.68. The van der Waals surface area contributed by atoms with E-state index in [1.807, 2.05) is 0 Å². The van der Waals surface area contributed by atoms with Gasteiger partial charge in [-0.2, -0.15) is 5.26 Å². The molecule has 0 aliphatic carbocycles. The van der Waals surface area contributed by atoms with Gasteiger partial charge >= 0.3 is 0 Å². The van der Waals surface area contributed by atoms with Crippen LogP contribution >= 0.6 is 0 Å². The first-order chi connectivity index (χ1) is 2.77. The lowest BCUT2D eigenvalue weighted by Crippen LogP contribution is -1.92. The average molecular weight is 83.1 g/mol. The van der Waals surface area contributed by atoms with E-state index < -0.39 is 5.91 Å². The average Bonchev–Trinajstić information content (AvgIpc) is 1.35. The van der Waals surface area contributed by atoms with Crippen molar-refractivity contribution >= 4 is 5.91 Å². The standard InChI is InChI=1S/C3H3N2O/c4-2-1-3(5)6/h5H,1H2. The number of carbonyl (C=O) groups is 1. The Bertz CT molecular complexity index is 91.5. The van der Waals surface area contributed by atoms with Gasteiger partial charge in [-0.05, 0) is 0 Å². The molecule has 3 heteroatoms. The molecule has 0 atom stereocenters. The van der Waals surface area contributed by atoms with Crippen molar-refractivity contribution in [1.29, 1.82) is 5.26 Å². The maximum absolute atomic E-state index is 9.49. The number of nitrogens with zero attached hydrogens (tertiary/aromatic N) is 1. The number of hydrogen-bond donors (Lipinski definition) is 0. The molecule has 31 valence electrons. The lowest BCUT2D eigenvalue weighted by atomic mass is 10.5. The first kappa shape index (κ1) is 4.96. The highest BCUT2D eigenvalue weighted by Gasteiger charge is 1.85. The maximum atomic E-state index is 9.49. The molecule has 0 saturated heterocycles. The van der Waals surface area contributed by atoms with Crippen molar-refractivity contribution in [2.75, 3.05) is 0 Å². The second kappa shape index (κ2) is 2.21. The highest BCUT2D eigenvalue weighted by molar-refractivity contribution is 5.75. The maximum Gasteiger partial charge on any atom is 0.252 e. The molecule has 0 aliphatic heterocycles. The molecular weight excluding hydrogens is 80.0 g/mol. The predicted molar refractivity (Wildman–Crippen MR) is 18.3 cm³/mol. The molecule has 0 aliphatic rings. The van der Waals surface area contributed by atoms with Gasteiger partial charge in [0.2, 0.25) is 0 Å². The van der Waals surface area contributed by atoms with Gasteiger partial charge in [-0.3, -0.25) is 10.5 Å². The van der Waals surface area contributed by atoms with Gasteiger partial charge in [0.05, 0.1) is 6.07 Å². The van der Waals surface area contributed by atoms with Crippen LogP contribution in [0.25, 0.3) is 0 Å². The fourth-order valence-corrected chi connectivity index (χ4v) is 0.0718. The summed E-state index contributed by atoms with van der Waals surface area (Å²) in [6.45, 7) is 0. The third-order valence-corrected chi connectivity index (χ3v) is 0.240. The highest BCUT2D eigenvalue weighted by Crippen LogP contribution is 1.67. The molecule has 0 aromatic rings. The zero-order valence-electron chi connectivity index (χ0n) is 3.06. The summed E-state index contributed by atoms with van der Waals surface area (Å²) in [4.78, 5) is 9.49. The zero-order valence-corrected chi connectivity index (χ0v) is 3.06. The molecule has 1 amide bonds. The fraction of sp³-hybridized carbons (Fsp3) is 0.333. The molecule has 0 rings (SSSR count). The second-order valence-electron chi connectivity index (χ2n) is 0.758. The zero-order chi connectivity index (χ0) is 4.99. The van der Waals surface area contributed by atoms with Crippen LogP contribution in [0.1, 0.15) is 6.42 Å². The number of nitrogens with one attached hydrogen (secondary N) is 1. The molecule has 1 N–H and O–H groups in total. The lowest BCUT2D eigenvalue weighted by molar-refractivity contribution is -0.117. The van der Waals surface area contributed by atoms with Crippen molar-refractivity contribution in [3.63, 3.8) is 0 Å². The van der Waals surface area contributed by atoms with Crippen LogP contribution in [-0.2, 0) is 4.79 Å². The van der Waals surface area contributed by atoms with E-state index in [4.69, 9.17) is 11.0 Å². The SMILES string of the molecule is N#CCC([NH])=O. The van der Waals surface area contributed by atoms with Gasteiger partial charge in [0.1, 0.15) is 6.42 Å². The van der Waals surface area contributed by atoms with Crippen LogP contribution in [0.3, 0.4) is 0 Å². The van der Waals surface area contributed by atoms with Crippen molar-refractivity contribution in [3.05, 3.63) is 0 Å².